The highest BCUT2D eigenvalue weighted by Gasteiger charge is 2.74. The number of hydrogen-bond donors (Lipinski definition) is 15. The summed E-state index contributed by atoms with van der Waals surface area (Å²) in [7, 11) is 0. The Hall–Kier alpha value is -2.77. The van der Waals surface area contributed by atoms with Crippen LogP contribution in [0.1, 0.15) is 107 Å². The Bertz CT molecular complexity index is 2580. The van der Waals surface area contributed by atoms with Crippen LogP contribution < -0.4 is 0 Å². The number of aliphatic carboxylic acids is 1. The number of carboxylic acids is 1. The molecule has 0 aromatic carbocycles. The fraction of sp³-hybridized carbons (Fsp3) is 0.915. The number of fused-ring (bicyclic) bond motifs is 7. The monoisotopic (exact) mass is 1260 g/mol. The van der Waals surface area contributed by atoms with Gasteiger partial charge in [-0.05, 0) is 105 Å². The van der Waals surface area contributed by atoms with E-state index in [0.717, 1.165) is 12.5 Å². The molecule has 3 unspecified atom stereocenters. The first-order chi connectivity index (χ1) is 41.1. The van der Waals surface area contributed by atoms with Crippen molar-refractivity contribution in [3.63, 3.8) is 0 Å². The summed E-state index contributed by atoms with van der Waals surface area (Å²) in [6.07, 6.45) is -34.1. The lowest BCUT2D eigenvalue weighted by molar-refractivity contribution is -0.365. The molecule has 5 saturated heterocycles. The predicted octanol–water partition coefficient (Wildman–Crippen LogP) is -3.69. The van der Waals surface area contributed by atoms with E-state index in [-0.39, 0.29) is 37.0 Å². The number of esters is 2. The van der Waals surface area contributed by atoms with Crippen LogP contribution in [0.4, 0.5) is 0 Å². The highest BCUT2D eigenvalue weighted by molar-refractivity contribution is 5.80. The van der Waals surface area contributed by atoms with Crippen LogP contribution in [0, 0.1) is 50.2 Å². The maximum Gasteiger partial charge on any atom is 0.317 e. The highest BCUT2D eigenvalue weighted by atomic mass is 16.8. The smallest absolute Gasteiger partial charge is 0.317 e. The number of rotatable bonds is 14. The van der Waals surface area contributed by atoms with Gasteiger partial charge in [-0.15, -0.1) is 0 Å². The summed E-state index contributed by atoms with van der Waals surface area (Å²) in [4.78, 5) is 41.8. The van der Waals surface area contributed by atoms with Crippen LogP contribution >= 0.6 is 0 Å². The number of ether oxygens (including phenoxy) is 11. The first-order valence-electron chi connectivity index (χ1n) is 30.6. The second-order valence-corrected chi connectivity index (χ2v) is 28.5. The summed E-state index contributed by atoms with van der Waals surface area (Å²) in [5.74, 6) is -4.75. The van der Waals surface area contributed by atoms with Crippen molar-refractivity contribution in [1.82, 2.24) is 0 Å². The van der Waals surface area contributed by atoms with E-state index in [1.807, 2.05) is 6.92 Å². The summed E-state index contributed by atoms with van der Waals surface area (Å²) >= 11 is 0. The quantitative estimate of drug-likeness (QED) is 0.0452. The lowest BCUT2D eigenvalue weighted by atomic mass is 9.33. The van der Waals surface area contributed by atoms with Crippen LogP contribution in [0.15, 0.2) is 11.6 Å². The zero-order chi connectivity index (χ0) is 64.5. The summed E-state index contributed by atoms with van der Waals surface area (Å²) in [6, 6.07) is 0. The zero-order valence-electron chi connectivity index (χ0n) is 50.7. The van der Waals surface area contributed by atoms with Crippen molar-refractivity contribution in [1.29, 1.82) is 0 Å². The molecule has 5 aliphatic carbocycles. The van der Waals surface area contributed by atoms with Crippen molar-refractivity contribution < 1.29 is 143 Å². The molecule has 5 aliphatic heterocycles. The summed E-state index contributed by atoms with van der Waals surface area (Å²) in [5, 5.41) is 167. The van der Waals surface area contributed by atoms with Crippen LogP contribution in [0.3, 0.4) is 0 Å². The van der Waals surface area contributed by atoms with Crippen LogP contribution in [0.5, 0.6) is 0 Å². The van der Waals surface area contributed by atoms with E-state index in [2.05, 4.69) is 33.8 Å². The van der Waals surface area contributed by atoms with Gasteiger partial charge in [-0.25, -0.2) is 0 Å². The lowest BCUT2D eigenvalue weighted by Gasteiger charge is -2.71. The zero-order valence-corrected chi connectivity index (χ0v) is 50.7. The molecule has 5 heterocycles. The van der Waals surface area contributed by atoms with Gasteiger partial charge < -0.3 is 129 Å². The summed E-state index contributed by atoms with van der Waals surface area (Å²) in [5.41, 5.74) is -7.70. The molecule has 0 amide bonds. The molecule has 10 rings (SSSR count). The van der Waals surface area contributed by atoms with E-state index in [4.69, 9.17) is 52.1 Å². The fourth-order valence-electron chi connectivity index (χ4n) is 17.6. The number of carboxylic acid groups (broad SMARTS) is 1. The molecule has 9 fully saturated rings. The Morgan fingerprint density at radius 3 is 1.89 bits per heavy atom. The van der Waals surface area contributed by atoms with Gasteiger partial charge in [0.15, 0.2) is 37.4 Å². The van der Waals surface area contributed by atoms with Crippen molar-refractivity contribution in [3.05, 3.63) is 11.6 Å². The molecule has 29 nitrogen and oxygen atoms in total. The maximum absolute atomic E-state index is 15.5. The molecule has 0 bridgehead atoms. The SMILES string of the molecule is CC(=O)O[C@@H]1[C@@H](O[C@@H]2OC[C@](O)(CO)[C@H]2O)[C@@H](O)[C@H](O[C@@H]2[C@H](OC(=O)[C@]34CCC(C)(C)CC3C3=CCC5[C@@]6(C)C[C@H](O)[C@H](O[C@@H]7O[C@H](CO)[C@@H](O[C@@H]8OC[C@@H](O)[C@H](O)[C@H]8O)[C@H](O)[C@H]7O)[C@@](C)(C(=O)O)C6CC[C@@]5(C)[C@]3(C)C[C@H]4O)OC[C@@H](O)[C@H]2O)O[C@H]1C. The Labute approximate surface area is 508 Å². The predicted molar refractivity (Wildman–Crippen MR) is 290 cm³/mol. The molecule has 502 valence electrons. The topological polar surface area (TPSA) is 456 Å². The third-order valence-corrected chi connectivity index (χ3v) is 22.8. The van der Waals surface area contributed by atoms with Crippen molar-refractivity contribution in [2.75, 3.05) is 33.0 Å². The molecule has 0 aromatic heterocycles. The number of aliphatic hydroxyl groups excluding tert-OH is 13. The van der Waals surface area contributed by atoms with Crippen molar-refractivity contribution in [3.8, 4) is 0 Å². The molecule has 0 radical (unpaired) electrons. The van der Waals surface area contributed by atoms with Gasteiger partial charge >= 0.3 is 17.9 Å². The second kappa shape index (κ2) is 24.5. The third-order valence-electron chi connectivity index (χ3n) is 22.8. The molecule has 0 aromatic rings. The Kier molecular flexibility index (Phi) is 19.0. The average Bonchev–Trinajstić information content (AvgIpc) is 0.722. The Balaban J connectivity index is 0.897. The molecule has 15 N–H and O–H groups in total. The first-order valence-corrected chi connectivity index (χ1v) is 30.6. The minimum atomic E-state index is -2.14. The first kappa shape index (κ1) is 68.1. The van der Waals surface area contributed by atoms with Crippen LogP contribution in [-0.4, -0.2) is 274 Å². The molecule has 4 saturated carbocycles. The standard InChI is InChI=1S/C59H92O29/c1-23-40(82-24(2)62)42(85-50-44(73)58(77,21-61)22-80-50)39(72)48(81-23)86-43-35(68)29(65)20-79-49(43)88-52(76)59-14-13-53(3,4)15-26(59)25-9-10-31-54(5)16-27(63)45(57(8,51(74)75)32(54)11-12-55(31,6)56(25,7)17-33(59)66)87-47-38(71)36(69)41(30(18-60)83-47)84-46-37(70)34(67)28(64)19-78-46/h9,23,26-50,60-61,63-73,77H,10-22H2,1-8H3,(H,74,75)/t23-,26?,27-,28+,29+,30+,31?,32?,33+,34-,35+,36+,37+,38+,39+,40-,41+,42-,43-,44-,45-,46-,47-,48-,49-,50-,54+,55+,56+,57-,58+,59+/m0/s1. The number of carbonyl (C=O) groups is 3. The van der Waals surface area contributed by atoms with Gasteiger partial charge in [0.1, 0.15) is 90.4 Å². The van der Waals surface area contributed by atoms with Gasteiger partial charge in [0.2, 0.25) is 6.29 Å². The van der Waals surface area contributed by atoms with Gasteiger partial charge in [0.05, 0.1) is 56.8 Å². The van der Waals surface area contributed by atoms with E-state index in [9.17, 15) is 86.2 Å². The third kappa shape index (κ3) is 11.0. The number of allylic oxidation sites excluding steroid dienone is 2. The van der Waals surface area contributed by atoms with E-state index >= 15 is 4.79 Å². The molecule has 10 aliphatic rings. The molecule has 0 spiro atoms. The number of hydrogen-bond acceptors (Lipinski definition) is 28. The number of aliphatic hydroxyl groups is 14. The van der Waals surface area contributed by atoms with E-state index < -0.39 is 237 Å². The normalized spacial score (nSPS) is 53.5. The average molecular weight is 1270 g/mol. The minimum Gasteiger partial charge on any atom is -0.481 e. The molecule has 32 atom stereocenters. The maximum atomic E-state index is 15.5. The largest absolute Gasteiger partial charge is 0.481 e. The van der Waals surface area contributed by atoms with Crippen LogP contribution in [0.25, 0.3) is 0 Å². The molecule has 29 heteroatoms. The van der Waals surface area contributed by atoms with Gasteiger partial charge in [-0.1, -0.05) is 46.3 Å². The van der Waals surface area contributed by atoms with Crippen LogP contribution in [-0.2, 0) is 66.5 Å². The van der Waals surface area contributed by atoms with Crippen LogP contribution in [0.2, 0.25) is 0 Å². The van der Waals surface area contributed by atoms with Crippen molar-refractivity contribution >= 4 is 17.9 Å². The van der Waals surface area contributed by atoms with Gasteiger partial charge in [0, 0.05) is 6.92 Å². The van der Waals surface area contributed by atoms with Gasteiger partial charge in [-0.3, -0.25) is 14.4 Å². The lowest BCUT2D eigenvalue weighted by Crippen LogP contribution is -2.71. The van der Waals surface area contributed by atoms with E-state index in [0.29, 0.717) is 25.7 Å². The molecular weight excluding hydrogens is 1170 g/mol. The van der Waals surface area contributed by atoms with Gasteiger partial charge in [-0.2, -0.15) is 0 Å². The summed E-state index contributed by atoms with van der Waals surface area (Å²) < 4.78 is 64.4. The fourth-order valence-corrected chi connectivity index (χ4v) is 17.6. The minimum absolute atomic E-state index is 0.00783. The van der Waals surface area contributed by atoms with Gasteiger partial charge in [0.25, 0.3) is 0 Å². The molecular formula is C59H92O29. The Morgan fingerprint density at radius 1 is 0.625 bits per heavy atom. The number of carbonyl (C=O) groups excluding carboxylic acids is 2. The van der Waals surface area contributed by atoms with E-state index in [1.54, 1.807) is 0 Å². The van der Waals surface area contributed by atoms with Crippen molar-refractivity contribution in [2.45, 2.75) is 254 Å². The second-order valence-electron chi connectivity index (χ2n) is 28.5. The highest BCUT2D eigenvalue weighted by Crippen LogP contribution is 2.76. The van der Waals surface area contributed by atoms with E-state index in [1.165, 1.54) is 13.8 Å². The molecule has 88 heavy (non-hydrogen) atoms. The van der Waals surface area contributed by atoms with Crippen molar-refractivity contribution in [2.24, 2.45) is 50.2 Å². The summed E-state index contributed by atoms with van der Waals surface area (Å²) in [6.45, 7) is 10.9. The Morgan fingerprint density at radius 2 is 1.25 bits per heavy atom.